The zero-order valence-corrected chi connectivity index (χ0v) is 16.9. The van der Waals surface area contributed by atoms with E-state index < -0.39 is 0 Å². The summed E-state index contributed by atoms with van der Waals surface area (Å²) >= 11 is 17.9. The van der Waals surface area contributed by atoms with Gasteiger partial charge in [-0.2, -0.15) is 0 Å². The summed E-state index contributed by atoms with van der Waals surface area (Å²) in [6.07, 6.45) is 0.991. The molecule has 0 saturated carbocycles. The fourth-order valence-electron chi connectivity index (χ4n) is 2.10. The smallest absolute Gasteiger partial charge is 0.243 e. The number of benzene rings is 2. The molecule has 0 saturated heterocycles. The second kappa shape index (κ2) is 9.91. The van der Waals surface area contributed by atoms with E-state index in [0.717, 1.165) is 17.9 Å². The van der Waals surface area contributed by atoms with Crippen LogP contribution in [0.3, 0.4) is 0 Å². The molecule has 26 heavy (non-hydrogen) atoms. The SMILES string of the molecule is CC(C)CCOc1cccc(NCC(=O)Nc2cc(Cl)c(Cl)cc2Cl)c1. The van der Waals surface area contributed by atoms with Crippen molar-refractivity contribution < 1.29 is 9.53 Å². The van der Waals surface area contributed by atoms with Crippen molar-refractivity contribution in [2.24, 2.45) is 5.92 Å². The van der Waals surface area contributed by atoms with E-state index in [4.69, 9.17) is 39.5 Å². The lowest BCUT2D eigenvalue weighted by molar-refractivity contribution is -0.114. The maximum atomic E-state index is 12.1. The molecule has 2 N–H and O–H groups in total. The molecule has 0 heterocycles. The van der Waals surface area contributed by atoms with E-state index in [-0.39, 0.29) is 12.5 Å². The van der Waals surface area contributed by atoms with Crippen LogP contribution < -0.4 is 15.4 Å². The third kappa shape index (κ3) is 6.60. The highest BCUT2D eigenvalue weighted by molar-refractivity contribution is 6.44. The van der Waals surface area contributed by atoms with Gasteiger partial charge in [0.2, 0.25) is 5.91 Å². The molecule has 0 aliphatic heterocycles. The van der Waals surface area contributed by atoms with Crippen LogP contribution in [-0.2, 0) is 4.79 Å². The van der Waals surface area contributed by atoms with Crippen molar-refractivity contribution in [3.8, 4) is 5.75 Å². The van der Waals surface area contributed by atoms with Crippen molar-refractivity contribution >= 4 is 52.1 Å². The van der Waals surface area contributed by atoms with Gasteiger partial charge >= 0.3 is 0 Å². The highest BCUT2D eigenvalue weighted by Crippen LogP contribution is 2.32. The van der Waals surface area contributed by atoms with Gasteiger partial charge in [0, 0.05) is 11.8 Å². The average Bonchev–Trinajstić information content (AvgIpc) is 2.58. The lowest BCUT2D eigenvalue weighted by atomic mass is 10.1. The molecule has 0 spiro atoms. The predicted octanol–water partition coefficient (Wildman–Crippen LogP) is 6.12. The zero-order valence-electron chi connectivity index (χ0n) is 14.6. The van der Waals surface area contributed by atoms with Gasteiger partial charge in [-0.25, -0.2) is 0 Å². The van der Waals surface area contributed by atoms with Gasteiger partial charge in [0.25, 0.3) is 0 Å². The Hall–Kier alpha value is -1.62. The summed E-state index contributed by atoms with van der Waals surface area (Å²) in [4.78, 5) is 12.1. The van der Waals surface area contributed by atoms with E-state index in [2.05, 4.69) is 24.5 Å². The zero-order chi connectivity index (χ0) is 19.1. The van der Waals surface area contributed by atoms with Crippen molar-refractivity contribution in [1.29, 1.82) is 0 Å². The highest BCUT2D eigenvalue weighted by atomic mass is 35.5. The molecule has 0 unspecified atom stereocenters. The van der Waals surface area contributed by atoms with Crippen LogP contribution in [0.4, 0.5) is 11.4 Å². The van der Waals surface area contributed by atoms with Crippen LogP contribution in [0.5, 0.6) is 5.75 Å². The minimum Gasteiger partial charge on any atom is -0.494 e. The van der Waals surface area contributed by atoms with Crippen molar-refractivity contribution in [3.05, 3.63) is 51.5 Å². The van der Waals surface area contributed by atoms with Gasteiger partial charge in [-0.1, -0.05) is 54.7 Å². The Bertz CT molecular complexity index is 766. The fraction of sp³-hybridized carbons (Fsp3) is 0.316. The van der Waals surface area contributed by atoms with Gasteiger partial charge < -0.3 is 15.4 Å². The first kappa shape index (κ1) is 20.7. The van der Waals surface area contributed by atoms with Crippen LogP contribution in [0.15, 0.2) is 36.4 Å². The third-order valence-corrected chi connectivity index (χ3v) is 4.57. The largest absolute Gasteiger partial charge is 0.494 e. The lowest BCUT2D eigenvalue weighted by Crippen LogP contribution is -2.22. The number of amides is 1. The fourth-order valence-corrected chi connectivity index (χ4v) is 2.70. The lowest BCUT2D eigenvalue weighted by Gasteiger charge is -2.12. The molecule has 4 nitrogen and oxygen atoms in total. The quantitative estimate of drug-likeness (QED) is 0.510. The van der Waals surface area contributed by atoms with Gasteiger partial charge in [-0.3, -0.25) is 4.79 Å². The molecule has 7 heteroatoms. The summed E-state index contributed by atoms with van der Waals surface area (Å²) in [5.74, 6) is 1.10. The molecule has 0 fully saturated rings. The molecular weight excluding hydrogens is 395 g/mol. The van der Waals surface area contributed by atoms with Crippen LogP contribution in [-0.4, -0.2) is 19.1 Å². The van der Waals surface area contributed by atoms with Gasteiger partial charge in [0.15, 0.2) is 0 Å². The van der Waals surface area contributed by atoms with Crippen LogP contribution in [0.1, 0.15) is 20.3 Å². The molecule has 2 rings (SSSR count). The number of carbonyl (C=O) groups excluding carboxylic acids is 1. The topological polar surface area (TPSA) is 50.4 Å². The molecule has 140 valence electrons. The van der Waals surface area contributed by atoms with Crippen molar-refractivity contribution in [2.45, 2.75) is 20.3 Å². The average molecular weight is 416 g/mol. The summed E-state index contributed by atoms with van der Waals surface area (Å²) in [7, 11) is 0. The maximum absolute atomic E-state index is 12.1. The molecule has 0 aliphatic carbocycles. The van der Waals surface area contributed by atoms with E-state index in [9.17, 15) is 4.79 Å². The first-order valence-electron chi connectivity index (χ1n) is 8.26. The summed E-state index contributed by atoms with van der Waals surface area (Å²) < 4.78 is 5.71. The summed E-state index contributed by atoms with van der Waals surface area (Å²) in [6.45, 7) is 5.05. The number of rotatable bonds is 8. The Morgan fingerprint density at radius 3 is 2.54 bits per heavy atom. The van der Waals surface area contributed by atoms with E-state index >= 15 is 0 Å². The molecule has 0 radical (unpaired) electrons. The minimum absolute atomic E-state index is 0.0754. The Labute approximate surface area is 168 Å². The molecule has 0 atom stereocenters. The Morgan fingerprint density at radius 1 is 1.08 bits per heavy atom. The Balaban J connectivity index is 1.88. The van der Waals surface area contributed by atoms with Gasteiger partial charge in [0.1, 0.15) is 5.75 Å². The van der Waals surface area contributed by atoms with E-state index in [1.165, 1.54) is 12.1 Å². The molecule has 0 aromatic heterocycles. The molecule has 0 aliphatic rings. The number of hydrogen-bond donors (Lipinski definition) is 2. The number of hydrogen-bond acceptors (Lipinski definition) is 3. The van der Waals surface area contributed by atoms with Crippen LogP contribution >= 0.6 is 34.8 Å². The maximum Gasteiger partial charge on any atom is 0.243 e. The predicted molar refractivity (Wildman–Crippen MR) is 110 cm³/mol. The van der Waals surface area contributed by atoms with Crippen LogP contribution in [0.25, 0.3) is 0 Å². The molecule has 2 aromatic carbocycles. The van der Waals surface area contributed by atoms with Gasteiger partial charge in [0.05, 0.1) is 33.9 Å². The van der Waals surface area contributed by atoms with Crippen LogP contribution in [0.2, 0.25) is 15.1 Å². The second-order valence-electron chi connectivity index (χ2n) is 6.21. The number of carbonyl (C=O) groups is 1. The molecule has 2 aromatic rings. The summed E-state index contributed by atoms with van der Waals surface area (Å²) in [6, 6.07) is 10.5. The van der Waals surface area contributed by atoms with Gasteiger partial charge in [-0.05, 0) is 36.6 Å². The first-order valence-corrected chi connectivity index (χ1v) is 9.39. The summed E-state index contributed by atoms with van der Waals surface area (Å²) in [5.41, 5.74) is 1.21. The molecule has 0 bridgehead atoms. The summed E-state index contributed by atoms with van der Waals surface area (Å²) in [5, 5.41) is 6.74. The van der Waals surface area contributed by atoms with Gasteiger partial charge in [-0.15, -0.1) is 0 Å². The Morgan fingerprint density at radius 2 is 1.81 bits per heavy atom. The highest BCUT2D eigenvalue weighted by Gasteiger charge is 2.09. The monoisotopic (exact) mass is 414 g/mol. The van der Waals surface area contributed by atoms with E-state index in [1.807, 2.05) is 24.3 Å². The Kier molecular flexibility index (Phi) is 7.88. The normalized spacial score (nSPS) is 10.7. The number of anilines is 2. The standard InChI is InChI=1S/C19H21Cl3N2O2/c1-12(2)6-7-26-14-5-3-4-13(8-14)23-11-19(25)24-18-10-16(21)15(20)9-17(18)22/h3-5,8-10,12,23H,6-7,11H2,1-2H3,(H,24,25). The van der Waals surface area contributed by atoms with Crippen molar-refractivity contribution in [1.82, 2.24) is 0 Å². The minimum atomic E-state index is -0.253. The van der Waals surface area contributed by atoms with E-state index in [1.54, 1.807) is 0 Å². The number of halogens is 3. The van der Waals surface area contributed by atoms with Crippen molar-refractivity contribution in [2.75, 3.05) is 23.8 Å². The molecule has 1 amide bonds. The molecular formula is C19H21Cl3N2O2. The van der Waals surface area contributed by atoms with Crippen molar-refractivity contribution in [3.63, 3.8) is 0 Å². The van der Waals surface area contributed by atoms with E-state index in [0.29, 0.717) is 33.3 Å². The number of nitrogens with one attached hydrogen (secondary N) is 2. The van der Waals surface area contributed by atoms with Crippen LogP contribution in [0, 0.1) is 5.92 Å². The number of ether oxygens (including phenoxy) is 1. The third-order valence-electron chi connectivity index (χ3n) is 3.54. The first-order chi connectivity index (χ1) is 12.3. The second-order valence-corrected chi connectivity index (χ2v) is 7.43.